The minimum absolute atomic E-state index is 0.00406. The lowest BCUT2D eigenvalue weighted by Crippen LogP contribution is -2.47. The number of ether oxygens (including phenoxy) is 3. The number of benzene rings is 1. The number of hydrogen-bond acceptors (Lipinski definition) is 6. The molecule has 3 rings (SSSR count). The van der Waals surface area contributed by atoms with Crippen molar-refractivity contribution in [3.05, 3.63) is 29.8 Å². The van der Waals surface area contributed by atoms with Crippen LogP contribution in [0, 0.1) is 17.8 Å². The Morgan fingerprint density at radius 1 is 1.08 bits per heavy atom. The quantitative estimate of drug-likeness (QED) is 0.842. The molecule has 0 spiro atoms. The van der Waals surface area contributed by atoms with E-state index in [1.54, 1.807) is 0 Å². The first kappa shape index (κ1) is 17.7. The van der Waals surface area contributed by atoms with Crippen LogP contribution >= 0.6 is 0 Å². The van der Waals surface area contributed by atoms with E-state index in [1.807, 2.05) is 31.3 Å². The van der Waals surface area contributed by atoms with Crippen LogP contribution in [0.15, 0.2) is 24.3 Å². The smallest absolute Gasteiger partial charge is 0.310 e. The molecule has 1 aromatic rings. The van der Waals surface area contributed by atoms with Crippen molar-refractivity contribution >= 4 is 17.6 Å². The molecule has 1 N–H and O–H groups in total. The molecule has 1 saturated heterocycles. The lowest BCUT2D eigenvalue weighted by atomic mass is 9.63. The number of anilines is 1. The maximum absolute atomic E-state index is 12.6. The summed E-state index contributed by atoms with van der Waals surface area (Å²) in [6.07, 6.45) is 1.44. The van der Waals surface area contributed by atoms with Crippen molar-refractivity contribution in [2.75, 3.05) is 33.2 Å². The molecule has 6 heteroatoms. The van der Waals surface area contributed by atoms with E-state index in [9.17, 15) is 9.59 Å². The first-order valence-corrected chi connectivity index (χ1v) is 8.65. The van der Waals surface area contributed by atoms with Crippen molar-refractivity contribution in [3.8, 4) is 0 Å². The van der Waals surface area contributed by atoms with Crippen molar-refractivity contribution in [1.82, 2.24) is 0 Å². The average molecular weight is 347 g/mol. The van der Waals surface area contributed by atoms with Crippen molar-refractivity contribution in [1.29, 1.82) is 0 Å². The molecule has 0 amide bonds. The molecule has 0 bridgehead atoms. The van der Waals surface area contributed by atoms with Gasteiger partial charge in [0.2, 0.25) is 0 Å². The molecule has 1 aliphatic carbocycles. The summed E-state index contributed by atoms with van der Waals surface area (Å²) in [7, 11) is 4.60. The van der Waals surface area contributed by atoms with Crippen LogP contribution in [-0.2, 0) is 23.8 Å². The fourth-order valence-corrected chi connectivity index (χ4v) is 4.38. The highest BCUT2D eigenvalue weighted by atomic mass is 16.5. The second-order valence-electron chi connectivity index (χ2n) is 6.67. The predicted octanol–water partition coefficient (Wildman–Crippen LogP) is 2.20. The fourth-order valence-electron chi connectivity index (χ4n) is 4.38. The van der Waals surface area contributed by atoms with E-state index >= 15 is 0 Å². The molecule has 136 valence electrons. The number of carbonyl (C=O) groups excluding carboxylic acids is 2. The van der Waals surface area contributed by atoms with Gasteiger partial charge in [-0.1, -0.05) is 12.1 Å². The van der Waals surface area contributed by atoms with Gasteiger partial charge < -0.3 is 19.5 Å². The summed E-state index contributed by atoms with van der Waals surface area (Å²) in [5.41, 5.74) is 2.01. The second-order valence-corrected chi connectivity index (χ2v) is 6.67. The van der Waals surface area contributed by atoms with Crippen molar-refractivity contribution in [3.63, 3.8) is 0 Å². The molecular weight excluding hydrogens is 322 g/mol. The van der Waals surface area contributed by atoms with Gasteiger partial charge in [-0.2, -0.15) is 0 Å². The molecule has 2 fully saturated rings. The van der Waals surface area contributed by atoms with E-state index in [1.165, 1.54) is 14.2 Å². The van der Waals surface area contributed by atoms with Crippen molar-refractivity contribution < 1.29 is 23.8 Å². The summed E-state index contributed by atoms with van der Waals surface area (Å²) in [6.45, 7) is 0.613. The second kappa shape index (κ2) is 7.44. The Kier molecular flexibility index (Phi) is 5.27. The van der Waals surface area contributed by atoms with E-state index in [0.29, 0.717) is 13.0 Å². The van der Waals surface area contributed by atoms with Gasteiger partial charge in [0.25, 0.3) is 0 Å². The Balaban J connectivity index is 2.01. The summed E-state index contributed by atoms with van der Waals surface area (Å²) in [4.78, 5) is 25.1. The molecule has 25 heavy (non-hydrogen) atoms. The third kappa shape index (κ3) is 3.23. The van der Waals surface area contributed by atoms with Crippen LogP contribution in [0.5, 0.6) is 0 Å². The van der Waals surface area contributed by atoms with Gasteiger partial charge in [0.1, 0.15) is 0 Å². The van der Waals surface area contributed by atoms with Crippen LogP contribution in [0.3, 0.4) is 0 Å². The molecule has 2 aliphatic rings. The van der Waals surface area contributed by atoms with Crippen LogP contribution in [0.25, 0.3) is 0 Å². The Labute approximate surface area is 147 Å². The lowest BCUT2D eigenvalue weighted by Gasteiger charge is -2.41. The summed E-state index contributed by atoms with van der Waals surface area (Å²) in [5, 5.41) is 3.08. The molecule has 1 aromatic carbocycles. The highest BCUT2D eigenvalue weighted by Crippen LogP contribution is 2.49. The summed E-state index contributed by atoms with van der Waals surface area (Å²) >= 11 is 0. The Bertz CT molecular complexity index is 629. The van der Waals surface area contributed by atoms with Crippen LogP contribution in [-0.4, -0.2) is 45.9 Å². The van der Waals surface area contributed by atoms with Crippen LogP contribution in [0.1, 0.15) is 24.3 Å². The minimum atomic E-state index is -0.555. The number of methoxy groups -OCH3 is 2. The van der Waals surface area contributed by atoms with Gasteiger partial charge in [0.05, 0.1) is 32.2 Å². The first-order chi connectivity index (χ1) is 12.1. The van der Waals surface area contributed by atoms with Gasteiger partial charge in [0.15, 0.2) is 0 Å². The largest absolute Gasteiger partial charge is 0.469 e. The molecule has 5 atom stereocenters. The number of nitrogens with one attached hydrogen (secondary N) is 1. The summed E-state index contributed by atoms with van der Waals surface area (Å²) < 4.78 is 16.0. The number of rotatable bonds is 4. The molecule has 0 radical (unpaired) electrons. The molecule has 2 unspecified atom stereocenters. The number of hydrogen-bond donors (Lipinski definition) is 1. The number of fused-ring (bicyclic) bond motifs is 1. The van der Waals surface area contributed by atoms with Crippen LogP contribution < -0.4 is 5.32 Å². The van der Waals surface area contributed by atoms with Gasteiger partial charge in [-0.25, -0.2) is 0 Å². The zero-order valence-electron chi connectivity index (χ0n) is 14.9. The van der Waals surface area contributed by atoms with Crippen LogP contribution in [0.2, 0.25) is 0 Å². The van der Waals surface area contributed by atoms with Gasteiger partial charge in [-0.15, -0.1) is 0 Å². The van der Waals surface area contributed by atoms with Gasteiger partial charge in [0, 0.05) is 31.2 Å². The van der Waals surface area contributed by atoms with E-state index in [0.717, 1.165) is 17.7 Å². The SMILES string of the molecule is CNc1ccc([C@H]2CC3OCCC3[C@@H](C(=O)OC)[C@@H]2C(=O)OC)cc1. The van der Waals surface area contributed by atoms with Crippen LogP contribution in [0.4, 0.5) is 5.69 Å². The Hall–Kier alpha value is -2.08. The average Bonchev–Trinajstić information content (AvgIpc) is 3.13. The first-order valence-electron chi connectivity index (χ1n) is 8.65. The van der Waals surface area contributed by atoms with E-state index < -0.39 is 11.8 Å². The highest BCUT2D eigenvalue weighted by molar-refractivity contribution is 5.83. The van der Waals surface area contributed by atoms with Gasteiger partial charge in [-0.3, -0.25) is 9.59 Å². The number of carbonyl (C=O) groups is 2. The van der Waals surface area contributed by atoms with Gasteiger partial charge in [-0.05, 0) is 30.5 Å². The Morgan fingerprint density at radius 2 is 1.72 bits per heavy atom. The highest BCUT2D eigenvalue weighted by Gasteiger charge is 2.54. The van der Waals surface area contributed by atoms with E-state index in [4.69, 9.17) is 14.2 Å². The molecule has 1 aliphatic heterocycles. The normalized spacial score (nSPS) is 31.1. The topological polar surface area (TPSA) is 73.9 Å². The third-order valence-electron chi connectivity index (χ3n) is 5.60. The summed E-state index contributed by atoms with van der Waals surface area (Å²) in [6, 6.07) is 7.93. The fraction of sp³-hybridized carbons (Fsp3) is 0.579. The van der Waals surface area contributed by atoms with Gasteiger partial charge >= 0.3 is 11.9 Å². The zero-order chi connectivity index (χ0) is 18.0. The molecule has 1 saturated carbocycles. The van der Waals surface area contributed by atoms with E-state index in [-0.39, 0.29) is 29.9 Å². The molecule has 6 nitrogen and oxygen atoms in total. The third-order valence-corrected chi connectivity index (χ3v) is 5.60. The zero-order valence-corrected chi connectivity index (χ0v) is 14.9. The number of esters is 2. The Morgan fingerprint density at radius 3 is 2.32 bits per heavy atom. The van der Waals surface area contributed by atoms with Crippen molar-refractivity contribution in [2.24, 2.45) is 17.8 Å². The molecular formula is C19H25NO5. The maximum Gasteiger partial charge on any atom is 0.310 e. The van der Waals surface area contributed by atoms with Crippen molar-refractivity contribution in [2.45, 2.75) is 24.9 Å². The van der Waals surface area contributed by atoms with E-state index in [2.05, 4.69) is 5.32 Å². The standard InChI is InChI=1S/C19H25NO5/c1-20-12-6-4-11(5-7-12)14-10-15-13(8-9-25-15)16(18(21)23-2)17(14)19(22)24-3/h4-7,13-17,20H,8-10H2,1-3H3/t13?,14-,15?,16-,17-/m1/s1. The molecule has 1 heterocycles. The summed E-state index contributed by atoms with van der Waals surface area (Å²) in [5.74, 6) is -1.93. The molecule has 0 aromatic heterocycles. The predicted molar refractivity (Wildman–Crippen MR) is 92.2 cm³/mol. The minimum Gasteiger partial charge on any atom is -0.469 e. The monoisotopic (exact) mass is 347 g/mol. The maximum atomic E-state index is 12.6. The lowest BCUT2D eigenvalue weighted by molar-refractivity contribution is -0.166.